The highest BCUT2D eigenvalue weighted by atomic mass is 16.4. The fraction of sp³-hybridized carbons (Fsp3) is 0.261. The number of carboxylic acids is 1. The Morgan fingerprint density at radius 1 is 1.29 bits per heavy atom. The van der Waals surface area contributed by atoms with Gasteiger partial charge < -0.3 is 5.11 Å². The molecule has 0 saturated heterocycles. The first-order valence-electron chi connectivity index (χ1n) is 9.23. The van der Waals surface area contributed by atoms with Crippen molar-refractivity contribution in [3.8, 4) is 0 Å². The van der Waals surface area contributed by atoms with Crippen LogP contribution in [0.5, 0.6) is 0 Å². The van der Waals surface area contributed by atoms with Gasteiger partial charge in [0.1, 0.15) is 6.42 Å². The second-order valence-corrected chi connectivity index (χ2v) is 5.96. The van der Waals surface area contributed by atoms with Crippen molar-refractivity contribution in [2.45, 2.75) is 39.5 Å². The average Bonchev–Trinajstić information content (AvgIpc) is 2.69. The van der Waals surface area contributed by atoms with E-state index in [2.05, 4.69) is 24.2 Å². The Labute approximate surface area is 167 Å². The summed E-state index contributed by atoms with van der Waals surface area (Å²) >= 11 is 0. The Balaban J connectivity index is 2.92. The van der Waals surface area contributed by atoms with Crippen molar-refractivity contribution in [1.82, 2.24) is 9.88 Å². The molecule has 0 aliphatic carbocycles. The summed E-state index contributed by atoms with van der Waals surface area (Å²) in [5.74, 6) is -1.71. The van der Waals surface area contributed by atoms with Crippen molar-refractivity contribution in [1.29, 1.82) is 0 Å². The smallest absolute Gasteiger partial charge is 0.312 e. The van der Waals surface area contributed by atoms with Crippen LogP contribution < -0.4 is 0 Å². The van der Waals surface area contributed by atoms with E-state index in [0.29, 0.717) is 5.70 Å². The molecule has 1 aromatic rings. The maximum Gasteiger partial charge on any atom is 0.312 e. The van der Waals surface area contributed by atoms with Gasteiger partial charge >= 0.3 is 5.97 Å². The third-order valence-electron chi connectivity index (χ3n) is 4.18. The van der Waals surface area contributed by atoms with E-state index in [0.717, 1.165) is 36.1 Å². The number of aromatic nitrogens is 1. The maximum atomic E-state index is 12.2. The van der Waals surface area contributed by atoms with Gasteiger partial charge in [0.25, 0.3) is 0 Å². The summed E-state index contributed by atoms with van der Waals surface area (Å²) in [6.07, 6.45) is 12.4. The molecule has 0 bridgehead atoms. The number of amides is 1. The number of carboxylic acid groups (broad SMARTS) is 1. The molecule has 0 unspecified atom stereocenters. The zero-order valence-corrected chi connectivity index (χ0v) is 16.6. The summed E-state index contributed by atoms with van der Waals surface area (Å²) in [6.45, 7) is 11.4. The van der Waals surface area contributed by atoms with Gasteiger partial charge in [0.05, 0.1) is 5.69 Å². The van der Waals surface area contributed by atoms with Gasteiger partial charge in [-0.15, -0.1) is 0 Å². The van der Waals surface area contributed by atoms with Gasteiger partial charge in [-0.05, 0) is 55.5 Å². The molecule has 1 rings (SSSR count). The van der Waals surface area contributed by atoms with E-state index in [4.69, 9.17) is 5.11 Å². The van der Waals surface area contributed by atoms with Gasteiger partial charge in [0.15, 0.2) is 0 Å². The molecule has 0 aliphatic heterocycles. The van der Waals surface area contributed by atoms with Crippen LogP contribution in [0.15, 0.2) is 79.3 Å². The van der Waals surface area contributed by atoms with Crippen molar-refractivity contribution in [2.24, 2.45) is 0 Å². The summed E-state index contributed by atoms with van der Waals surface area (Å²) in [6, 6.07) is 5.79. The predicted molar refractivity (Wildman–Crippen MR) is 113 cm³/mol. The topological polar surface area (TPSA) is 70.5 Å². The first kappa shape index (κ1) is 22.8. The Kier molecular flexibility index (Phi) is 9.97. The van der Waals surface area contributed by atoms with Crippen molar-refractivity contribution >= 4 is 17.4 Å². The van der Waals surface area contributed by atoms with Crippen LogP contribution >= 0.6 is 0 Å². The lowest BCUT2D eigenvalue weighted by atomic mass is 10.0. The van der Waals surface area contributed by atoms with Gasteiger partial charge in [0.2, 0.25) is 5.91 Å². The molecule has 5 nitrogen and oxygen atoms in total. The fourth-order valence-corrected chi connectivity index (χ4v) is 2.78. The summed E-state index contributed by atoms with van der Waals surface area (Å²) in [7, 11) is 0. The lowest BCUT2D eigenvalue weighted by Gasteiger charge is -2.22. The van der Waals surface area contributed by atoms with Crippen molar-refractivity contribution < 1.29 is 14.7 Å². The number of carbonyl (C=O) groups is 2. The first-order valence-corrected chi connectivity index (χ1v) is 9.23. The van der Waals surface area contributed by atoms with E-state index in [1.165, 1.54) is 11.1 Å². The summed E-state index contributed by atoms with van der Waals surface area (Å²) in [5, 5.41) is 8.88. The molecule has 28 heavy (non-hydrogen) atoms. The van der Waals surface area contributed by atoms with Gasteiger partial charge in [0, 0.05) is 18.1 Å². The lowest BCUT2D eigenvalue weighted by Crippen LogP contribution is -2.27. The molecule has 0 radical (unpaired) electrons. The summed E-state index contributed by atoms with van der Waals surface area (Å²) in [4.78, 5) is 28.7. The Morgan fingerprint density at radius 3 is 2.54 bits per heavy atom. The third kappa shape index (κ3) is 6.83. The van der Waals surface area contributed by atoms with Crippen molar-refractivity contribution in [2.75, 3.05) is 0 Å². The minimum atomic E-state index is -1.17. The molecule has 0 spiro atoms. The van der Waals surface area contributed by atoms with E-state index in [1.54, 1.807) is 12.3 Å². The highest BCUT2D eigenvalue weighted by Crippen LogP contribution is 2.22. The van der Waals surface area contributed by atoms with E-state index in [-0.39, 0.29) is 0 Å². The molecular formula is C23H28N2O3. The highest BCUT2D eigenvalue weighted by Gasteiger charge is 2.18. The average molecular weight is 380 g/mol. The third-order valence-corrected chi connectivity index (χ3v) is 4.18. The molecular weight excluding hydrogens is 352 g/mol. The van der Waals surface area contributed by atoms with Crippen LogP contribution in [0.25, 0.3) is 5.57 Å². The Morgan fingerprint density at radius 2 is 2.04 bits per heavy atom. The van der Waals surface area contributed by atoms with Crippen molar-refractivity contribution in [3.63, 3.8) is 0 Å². The van der Waals surface area contributed by atoms with E-state index >= 15 is 0 Å². The minimum Gasteiger partial charge on any atom is -0.481 e. The molecule has 1 heterocycles. The van der Waals surface area contributed by atoms with Gasteiger partial charge in [-0.3, -0.25) is 19.5 Å². The van der Waals surface area contributed by atoms with E-state index in [9.17, 15) is 9.59 Å². The molecule has 0 atom stereocenters. The highest BCUT2D eigenvalue weighted by molar-refractivity contribution is 5.94. The summed E-state index contributed by atoms with van der Waals surface area (Å²) in [5.41, 5.74) is 3.57. The van der Waals surface area contributed by atoms with Gasteiger partial charge in [-0.2, -0.15) is 0 Å². The number of allylic oxidation sites excluding steroid dienone is 6. The standard InChI is InChI=1S/C23H28N2O3/c1-5-18(20-15-11-12-16-24-20)13-9-10-14-19(6-2)21(7-3)25(8-4)22(26)17-23(27)28/h5,7-9,11-13,15-16H,3-4,6,10,14,17H2,1-2H3,(H,27,28)/b13-9-,18-5+,21-19+. The van der Waals surface area contributed by atoms with E-state index < -0.39 is 18.3 Å². The molecule has 1 aromatic heterocycles. The normalized spacial score (nSPS) is 12.4. The second kappa shape index (κ2) is 12.2. The molecule has 0 aliphatic rings. The minimum absolute atomic E-state index is 0.537. The zero-order valence-electron chi connectivity index (χ0n) is 16.6. The van der Waals surface area contributed by atoms with Crippen LogP contribution in [-0.4, -0.2) is 26.9 Å². The largest absolute Gasteiger partial charge is 0.481 e. The Hall–Kier alpha value is -3.21. The molecule has 0 saturated carbocycles. The van der Waals surface area contributed by atoms with Crippen LogP contribution in [0.4, 0.5) is 0 Å². The number of carbonyl (C=O) groups excluding carboxylic acids is 1. The summed E-state index contributed by atoms with van der Waals surface area (Å²) < 4.78 is 0. The molecule has 5 heteroatoms. The number of pyridine rings is 1. The Bertz CT molecular complexity index is 789. The second-order valence-electron chi connectivity index (χ2n) is 5.96. The van der Waals surface area contributed by atoms with Crippen LogP contribution in [0.3, 0.4) is 0 Å². The quantitative estimate of drug-likeness (QED) is 0.427. The van der Waals surface area contributed by atoms with E-state index in [1.807, 2.05) is 44.2 Å². The predicted octanol–water partition coefficient (Wildman–Crippen LogP) is 5.12. The number of nitrogens with zero attached hydrogens (tertiary/aromatic N) is 2. The van der Waals surface area contributed by atoms with Crippen molar-refractivity contribution in [3.05, 3.63) is 85.0 Å². The molecule has 148 valence electrons. The van der Waals surface area contributed by atoms with Crippen LogP contribution in [0, 0.1) is 0 Å². The van der Waals surface area contributed by atoms with Crippen LogP contribution in [0.2, 0.25) is 0 Å². The first-order chi connectivity index (χ1) is 13.5. The SMILES string of the molecule is C=C/C(=C(/CC)CC/C=C\C(=C/C)c1ccccn1)N(C=C)C(=O)CC(=O)O. The number of aliphatic carboxylic acids is 1. The lowest BCUT2D eigenvalue weighted by molar-refractivity contribution is -0.142. The number of hydrogen-bond acceptors (Lipinski definition) is 3. The molecule has 1 N–H and O–H groups in total. The van der Waals surface area contributed by atoms with Gasteiger partial charge in [-0.25, -0.2) is 0 Å². The molecule has 0 fully saturated rings. The fourth-order valence-electron chi connectivity index (χ4n) is 2.78. The number of rotatable bonds is 11. The zero-order chi connectivity index (χ0) is 20.9. The molecule has 1 amide bonds. The number of hydrogen-bond donors (Lipinski definition) is 1. The molecule has 0 aromatic carbocycles. The van der Waals surface area contributed by atoms with Crippen LogP contribution in [0.1, 0.15) is 45.2 Å². The maximum absolute atomic E-state index is 12.2. The van der Waals surface area contributed by atoms with Crippen LogP contribution in [-0.2, 0) is 9.59 Å². The van der Waals surface area contributed by atoms with Gasteiger partial charge in [-0.1, -0.05) is 44.4 Å². The monoisotopic (exact) mass is 380 g/mol.